The van der Waals surface area contributed by atoms with E-state index in [1.807, 2.05) is 0 Å². The molecule has 0 heterocycles. The average molecular weight is 274 g/mol. The molecule has 1 aromatic carbocycles. The van der Waals surface area contributed by atoms with Crippen LogP contribution in [0.3, 0.4) is 0 Å². The molecule has 5 heteroatoms. The van der Waals surface area contributed by atoms with Gasteiger partial charge >= 0.3 is 0 Å². The van der Waals surface area contributed by atoms with Crippen molar-refractivity contribution in [3.8, 4) is 0 Å². The quantitative estimate of drug-likeness (QED) is 0.639. The van der Waals surface area contributed by atoms with Crippen LogP contribution in [0.5, 0.6) is 0 Å². The van der Waals surface area contributed by atoms with Gasteiger partial charge in [-0.15, -0.1) is 6.58 Å². The van der Waals surface area contributed by atoms with E-state index in [2.05, 4.69) is 11.9 Å². The molecule has 0 radical (unpaired) electrons. The number of halogens is 1. The number of benzene rings is 1. The number of hydrogen-bond acceptors (Lipinski definition) is 3. The molecule has 0 saturated heterocycles. The second kappa shape index (κ2) is 6.19. The highest BCUT2D eigenvalue weighted by Crippen LogP contribution is 2.24. The lowest BCUT2D eigenvalue weighted by atomic mass is 10.4. The Morgan fingerprint density at radius 3 is 2.71 bits per heavy atom. The van der Waals surface area contributed by atoms with Crippen molar-refractivity contribution in [2.45, 2.75) is 17.1 Å². The van der Waals surface area contributed by atoms with Crippen LogP contribution < -0.4 is 5.32 Å². The number of hydrogen-bond donors (Lipinski definition) is 1. The molecule has 1 unspecified atom stereocenters. The van der Waals surface area contributed by atoms with Crippen LogP contribution in [0.15, 0.2) is 41.8 Å². The third-order valence-corrected chi connectivity index (χ3v) is 5.03. The van der Waals surface area contributed by atoms with E-state index in [4.69, 9.17) is 11.6 Å². The summed E-state index contributed by atoms with van der Waals surface area (Å²) in [4.78, 5) is 0.189. The number of sulfone groups is 1. The van der Waals surface area contributed by atoms with Gasteiger partial charge < -0.3 is 5.32 Å². The molecule has 1 rings (SSSR count). The minimum absolute atomic E-state index is 0.189. The molecule has 0 amide bonds. The summed E-state index contributed by atoms with van der Waals surface area (Å²) in [7, 11) is -3.38. The van der Waals surface area contributed by atoms with Gasteiger partial charge in [0, 0.05) is 13.1 Å². The molecule has 0 aliphatic heterocycles. The maximum atomic E-state index is 12.2. The SMILES string of the molecule is C=CCNCC(C)S(=O)(=O)c1ccccc1Cl. The fourth-order valence-electron chi connectivity index (χ4n) is 1.39. The number of rotatable bonds is 6. The molecule has 0 aromatic heterocycles. The van der Waals surface area contributed by atoms with Crippen molar-refractivity contribution in [2.75, 3.05) is 13.1 Å². The van der Waals surface area contributed by atoms with E-state index < -0.39 is 15.1 Å². The first-order valence-corrected chi connectivity index (χ1v) is 7.22. The molecule has 0 aliphatic carbocycles. The molecule has 1 N–H and O–H groups in total. The van der Waals surface area contributed by atoms with Gasteiger partial charge in [-0.25, -0.2) is 8.42 Å². The van der Waals surface area contributed by atoms with Gasteiger partial charge in [-0.2, -0.15) is 0 Å². The first kappa shape index (κ1) is 14.2. The van der Waals surface area contributed by atoms with Gasteiger partial charge in [0.25, 0.3) is 0 Å². The summed E-state index contributed by atoms with van der Waals surface area (Å²) in [6, 6.07) is 6.49. The smallest absolute Gasteiger partial charge is 0.183 e. The molecule has 1 aromatic rings. The van der Waals surface area contributed by atoms with Crippen molar-refractivity contribution in [1.82, 2.24) is 5.32 Å². The second-order valence-corrected chi connectivity index (χ2v) is 6.47. The highest BCUT2D eigenvalue weighted by Gasteiger charge is 2.24. The Hall–Kier alpha value is -0.840. The van der Waals surface area contributed by atoms with Crippen LogP contribution >= 0.6 is 11.6 Å². The Morgan fingerprint density at radius 2 is 2.12 bits per heavy atom. The van der Waals surface area contributed by atoms with E-state index >= 15 is 0 Å². The molecule has 0 bridgehead atoms. The minimum Gasteiger partial charge on any atom is -0.312 e. The van der Waals surface area contributed by atoms with Gasteiger partial charge in [-0.1, -0.05) is 29.8 Å². The van der Waals surface area contributed by atoms with Crippen molar-refractivity contribution < 1.29 is 8.42 Å². The predicted molar refractivity (Wildman–Crippen MR) is 71.2 cm³/mol. The van der Waals surface area contributed by atoms with E-state index in [0.717, 1.165) is 0 Å². The molecule has 0 saturated carbocycles. The average Bonchev–Trinajstić information content (AvgIpc) is 2.29. The zero-order valence-corrected chi connectivity index (χ0v) is 11.3. The van der Waals surface area contributed by atoms with Crippen LogP contribution in [0, 0.1) is 0 Å². The summed E-state index contributed by atoms with van der Waals surface area (Å²) in [5.74, 6) is 0. The van der Waals surface area contributed by atoms with Crippen molar-refractivity contribution in [3.63, 3.8) is 0 Å². The zero-order valence-electron chi connectivity index (χ0n) is 9.69. The molecule has 3 nitrogen and oxygen atoms in total. The molecule has 0 fully saturated rings. The van der Waals surface area contributed by atoms with Crippen LogP contribution in [-0.4, -0.2) is 26.8 Å². The Morgan fingerprint density at radius 1 is 1.47 bits per heavy atom. The first-order valence-electron chi connectivity index (χ1n) is 5.30. The Labute approximate surface area is 107 Å². The summed E-state index contributed by atoms with van der Waals surface area (Å²) in [6.45, 7) is 6.18. The fraction of sp³-hybridized carbons (Fsp3) is 0.333. The molecular weight excluding hydrogens is 258 g/mol. The van der Waals surface area contributed by atoms with Crippen molar-refractivity contribution in [3.05, 3.63) is 41.9 Å². The van der Waals surface area contributed by atoms with Gasteiger partial charge in [-0.05, 0) is 19.1 Å². The fourth-order valence-corrected chi connectivity index (χ4v) is 3.23. The van der Waals surface area contributed by atoms with Gasteiger partial charge in [0.05, 0.1) is 15.2 Å². The summed E-state index contributed by atoms with van der Waals surface area (Å²) in [5, 5.41) is 2.73. The zero-order chi connectivity index (χ0) is 12.9. The highest BCUT2D eigenvalue weighted by atomic mass is 35.5. The van der Waals surface area contributed by atoms with Crippen LogP contribution in [0.2, 0.25) is 5.02 Å². The summed E-state index contributed by atoms with van der Waals surface area (Å²) in [5.41, 5.74) is 0. The van der Waals surface area contributed by atoms with Crippen LogP contribution in [0.25, 0.3) is 0 Å². The van der Waals surface area contributed by atoms with Crippen LogP contribution in [0.4, 0.5) is 0 Å². The third-order valence-electron chi connectivity index (χ3n) is 2.39. The van der Waals surface area contributed by atoms with E-state index in [1.54, 1.807) is 31.2 Å². The number of nitrogens with one attached hydrogen (secondary N) is 1. The Bertz CT molecular complexity index is 485. The molecule has 0 aliphatic rings. The summed E-state index contributed by atoms with van der Waals surface area (Å²) >= 11 is 5.90. The monoisotopic (exact) mass is 273 g/mol. The first-order chi connectivity index (χ1) is 8.00. The Kier molecular flexibility index (Phi) is 5.18. The normalized spacial score (nSPS) is 13.3. The van der Waals surface area contributed by atoms with Crippen molar-refractivity contribution >= 4 is 21.4 Å². The van der Waals surface area contributed by atoms with Crippen LogP contribution in [0.1, 0.15) is 6.92 Å². The maximum Gasteiger partial charge on any atom is 0.183 e. The third kappa shape index (κ3) is 3.56. The predicted octanol–water partition coefficient (Wildman–Crippen LogP) is 2.28. The Balaban J connectivity index is 2.88. The lowest BCUT2D eigenvalue weighted by Crippen LogP contribution is -2.31. The van der Waals surface area contributed by atoms with E-state index in [1.165, 1.54) is 6.07 Å². The van der Waals surface area contributed by atoms with Crippen molar-refractivity contribution in [1.29, 1.82) is 0 Å². The minimum atomic E-state index is -3.38. The lowest BCUT2D eigenvalue weighted by molar-refractivity contribution is 0.576. The second-order valence-electron chi connectivity index (χ2n) is 3.73. The summed E-state index contributed by atoms with van der Waals surface area (Å²) < 4.78 is 24.4. The van der Waals surface area contributed by atoms with E-state index in [9.17, 15) is 8.42 Å². The van der Waals surface area contributed by atoms with Crippen LogP contribution in [-0.2, 0) is 9.84 Å². The molecule has 94 valence electrons. The van der Waals surface area contributed by atoms with Gasteiger partial charge in [0.1, 0.15) is 0 Å². The highest BCUT2D eigenvalue weighted by molar-refractivity contribution is 7.92. The maximum absolute atomic E-state index is 12.2. The topological polar surface area (TPSA) is 46.2 Å². The van der Waals surface area contributed by atoms with Gasteiger partial charge in [0.15, 0.2) is 9.84 Å². The van der Waals surface area contributed by atoms with Crippen molar-refractivity contribution in [2.24, 2.45) is 0 Å². The molecule has 1 atom stereocenters. The molecule has 17 heavy (non-hydrogen) atoms. The molecular formula is C12H16ClNO2S. The largest absolute Gasteiger partial charge is 0.312 e. The van der Waals surface area contributed by atoms with E-state index in [-0.39, 0.29) is 9.92 Å². The molecule has 0 spiro atoms. The lowest BCUT2D eigenvalue weighted by Gasteiger charge is -2.14. The summed E-state index contributed by atoms with van der Waals surface area (Å²) in [6.07, 6.45) is 1.69. The standard InChI is InChI=1S/C12H16ClNO2S/c1-3-8-14-9-10(2)17(15,16)12-7-5-4-6-11(12)13/h3-7,10,14H,1,8-9H2,2H3. The van der Waals surface area contributed by atoms with Gasteiger partial charge in [0.2, 0.25) is 0 Å². The van der Waals surface area contributed by atoms with Gasteiger partial charge in [-0.3, -0.25) is 0 Å². The van der Waals surface area contributed by atoms with E-state index in [0.29, 0.717) is 13.1 Å².